The molecule has 2 rings (SSSR count). The SMILES string of the molecule is Clc1ccc2c(c1Cl)CN=CN2. The minimum absolute atomic E-state index is 0.578. The van der Waals surface area contributed by atoms with Crippen molar-refractivity contribution in [2.45, 2.75) is 6.54 Å². The Morgan fingerprint density at radius 3 is 3.00 bits per heavy atom. The lowest BCUT2D eigenvalue weighted by Crippen LogP contribution is -2.05. The van der Waals surface area contributed by atoms with E-state index in [0.29, 0.717) is 16.6 Å². The second kappa shape index (κ2) is 2.96. The summed E-state index contributed by atoms with van der Waals surface area (Å²) in [6.45, 7) is 0.599. The fourth-order valence-corrected chi connectivity index (χ4v) is 1.54. The molecule has 2 nitrogen and oxygen atoms in total. The average molecular weight is 201 g/mol. The molecule has 0 radical (unpaired) electrons. The van der Waals surface area contributed by atoms with E-state index in [1.54, 1.807) is 12.4 Å². The summed E-state index contributed by atoms with van der Waals surface area (Å²) >= 11 is 11.8. The third-order valence-electron chi connectivity index (χ3n) is 1.76. The molecule has 1 heterocycles. The molecular formula is C8H6Cl2N2. The van der Waals surface area contributed by atoms with E-state index in [2.05, 4.69) is 10.3 Å². The highest BCUT2D eigenvalue weighted by Crippen LogP contribution is 2.32. The topological polar surface area (TPSA) is 24.4 Å². The van der Waals surface area contributed by atoms with Crippen molar-refractivity contribution in [1.82, 2.24) is 0 Å². The molecule has 0 saturated carbocycles. The van der Waals surface area contributed by atoms with Gasteiger partial charge in [-0.25, -0.2) is 0 Å². The zero-order valence-corrected chi connectivity index (χ0v) is 7.65. The number of nitrogens with zero attached hydrogens (tertiary/aromatic N) is 1. The molecule has 4 heteroatoms. The molecule has 1 N–H and O–H groups in total. The van der Waals surface area contributed by atoms with Gasteiger partial charge in [0, 0.05) is 11.3 Å². The minimum atomic E-state index is 0.578. The number of benzene rings is 1. The van der Waals surface area contributed by atoms with Crippen LogP contribution in [0.5, 0.6) is 0 Å². The fraction of sp³-hybridized carbons (Fsp3) is 0.125. The Kier molecular flexibility index (Phi) is 1.95. The summed E-state index contributed by atoms with van der Waals surface area (Å²) in [7, 11) is 0. The molecule has 1 aromatic rings. The van der Waals surface area contributed by atoms with Gasteiger partial charge >= 0.3 is 0 Å². The second-order valence-electron chi connectivity index (χ2n) is 2.50. The summed E-state index contributed by atoms with van der Waals surface area (Å²) in [4.78, 5) is 4.04. The van der Waals surface area contributed by atoms with Gasteiger partial charge in [0.1, 0.15) is 0 Å². The summed E-state index contributed by atoms with van der Waals surface area (Å²) < 4.78 is 0. The van der Waals surface area contributed by atoms with Gasteiger partial charge in [-0.1, -0.05) is 23.2 Å². The van der Waals surface area contributed by atoms with Crippen LogP contribution in [0.2, 0.25) is 10.0 Å². The van der Waals surface area contributed by atoms with E-state index in [-0.39, 0.29) is 0 Å². The summed E-state index contributed by atoms with van der Waals surface area (Å²) in [5.74, 6) is 0. The van der Waals surface area contributed by atoms with Crippen molar-refractivity contribution in [2.75, 3.05) is 5.32 Å². The van der Waals surface area contributed by atoms with Gasteiger partial charge in [0.05, 0.1) is 22.9 Å². The molecule has 62 valence electrons. The van der Waals surface area contributed by atoms with Crippen LogP contribution < -0.4 is 5.32 Å². The Morgan fingerprint density at radius 2 is 2.17 bits per heavy atom. The van der Waals surface area contributed by atoms with Crippen LogP contribution in [0.1, 0.15) is 5.56 Å². The molecule has 1 aliphatic rings. The molecule has 0 bridgehead atoms. The van der Waals surface area contributed by atoms with Crippen molar-refractivity contribution in [2.24, 2.45) is 4.99 Å². The molecule has 1 aromatic carbocycles. The Morgan fingerprint density at radius 1 is 1.33 bits per heavy atom. The maximum Gasteiger partial charge on any atom is 0.0872 e. The predicted molar refractivity (Wildman–Crippen MR) is 52.3 cm³/mol. The smallest absolute Gasteiger partial charge is 0.0872 e. The van der Waals surface area contributed by atoms with Crippen LogP contribution in [-0.4, -0.2) is 6.34 Å². The number of nitrogens with one attached hydrogen (secondary N) is 1. The molecular weight excluding hydrogens is 195 g/mol. The first-order valence-electron chi connectivity index (χ1n) is 3.51. The van der Waals surface area contributed by atoms with Crippen LogP contribution in [0.3, 0.4) is 0 Å². The fourth-order valence-electron chi connectivity index (χ4n) is 1.13. The number of aliphatic imine (C=N–C) groups is 1. The summed E-state index contributed by atoms with van der Waals surface area (Å²) in [6.07, 6.45) is 1.66. The zero-order chi connectivity index (χ0) is 8.55. The van der Waals surface area contributed by atoms with Gasteiger partial charge in [-0.3, -0.25) is 4.99 Å². The standard InChI is InChI=1S/C8H6Cl2N2/c9-6-1-2-7-5(8(6)10)3-11-4-12-7/h1-2,4H,3H2,(H,11,12). The van der Waals surface area contributed by atoms with Crippen molar-refractivity contribution in [3.05, 3.63) is 27.7 Å². The third-order valence-corrected chi connectivity index (χ3v) is 2.60. The molecule has 0 aliphatic carbocycles. The Labute approximate surface area is 80.2 Å². The largest absolute Gasteiger partial charge is 0.346 e. The molecule has 1 aliphatic heterocycles. The van der Waals surface area contributed by atoms with Crippen LogP contribution in [-0.2, 0) is 6.54 Å². The van der Waals surface area contributed by atoms with Gasteiger partial charge in [0.25, 0.3) is 0 Å². The normalized spacial score (nSPS) is 13.8. The lowest BCUT2D eigenvalue weighted by Gasteiger charge is -2.13. The van der Waals surface area contributed by atoms with Gasteiger partial charge in [0.2, 0.25) is 0 Å². The lowest BCUT2D eigenvalue weighted by molar-refractivity contribution is 1.06. The van der Waals surface area contributed by atoms with Gasteiger partial charge in [-0.05, 0) is 12.1 Å². The molecule has 0 fully saturated rings. The van der Waals surface area contributed by atoms with E-state index in [1.807, 2.05) is 6.07 Å². The maximum absolute atomic E-state index is 5.97. The van der Waals surface area contributed by atoms with Crippen LogP contribution in [0.4, 0.5) is 5.69 Å². The van der Waals surface area contributed by atoms with Crippen molar-refractivity contribution in [1.29, 1.82) is 0 Å². The number of rotatable bonds is 0. The first kappa shape index (κ1) is 7.90. The highest BCUT2D eigenvalue weighted by molar-refractivity contribution is 6.42. The quantitative estimate of drug-likeness (QED) is 0.685. The number of anilines is 1. The number of hydrogen-bond acceptors (Lipinski definition) is 2. The Hall–Kier alpha value is -0.730. The van der Waals surface area contributed by atoms with Crippen LogP contribution in [0.15, 0.2) is 17.1 Å². The minimum Gasteiger partial charge on any atom is -0.346 e. The van der Waals surface area contributed by atoms with Crippen molar-refractivity contribution < 1.29 is 0 Å². The Bertz CT molecular complexity index is 347. The third kappa shape index (κ3) is 1.17. The average Bonchev–Trinajstić information content (AvgIpc) is 2.12. The summed E-state index contributed by atoms with van der Waals surface area (Å²) in [5, 5.41) is 4.17. The molecule has 0 amide bonds. The van der Waals surface area contributed by atoms with E-state index in [1.165, 1.54) is 0 Å². The van der Waals surface area contributed by atoms with Crippen molar-refractivity contribution >= 4 is 35.2 Å². The van der Waals surface area contributed by atoms with E-state index in [4.69, 9.17) is 23.2 Å². The monoisotopic (exact) mass is 200 g/mol. The maximum atomic E-state index is 5.97. The van der Waals surface area contributed by atoms with E-state index < -0.39 is 0 Å². The Balaban J connectivity index is 2.58. The van der Waals surface area contributed by atoms with E-state index >= 15 is 0 Å². The van der Waals surface area contributed by atoms with Crippen molar-refractivity contribution in [3.63, 3.8) is 0 Å². The van der Waals surface area contributed by atoms with Crippen LogP contribution >= 0.6 is 23.2 Å². The molecule has 0 aromatic heterocycles. The van der Waals surface area contributed by atoms with Crippen LogP contribution in [0.25, 0.3) is 0 Å². The zero-order valence-electron chi connectivity index (χ0n) is 6.14. The van der Waals surface area contributed by atoms with E-state index in [9.17, 15) is 0 Å². The van der Waals surface area contributed by atoms with Gasteiger partial charge in [-0.2, -0.15) is 0 Å². The first-order chi connectivity index (χ1) is 5.79. The second-order valence-corrected chi connectivity index (χ2v) is 3.29. The van der Waals surface area contributed by atoms with Crippen molar-refractivity contribution in [3.8, 4) is 0 Å². The number of hydrogen-bond donors (Lipinski definition) is 1. The van der Waals surface area contributed by atoms with Crippen LogP contribution in [0, 0.1) is 0 Å². The number of fused-ring (bicyclic) bond motifs is 1. The molecule has 0 saturated heterocycles. The molecule has 0 unspecified atom stereocenters. The lowest BCUT2D eigenvalue weighted by atomic mass is 10.1. The number of halogens is 2. The van der Waals surface area contributed by atoms with E-state index in [0.717, 1.165) is 11.3 Å². The van der Waals surface area contributed by atoms with Gasteiger partial charge in [-0.15, -0.1) is 0 Å². The highest BCUT2D eigenvalue weighted by atomic mass is 35.5. The molecule has 0 spiro atoms. The van der Waals surface area contributed by atoms with Gasteiger partial charge in [0.15, 0.2) is 0 Å². The highest BCUT2D eigenvalue weighted by Gasteiger charge is 2.11. The summed E-state index contributed by atoms with van der Waals surface area (Å²) in [5.41, 5.74) is 1.95. The molecule has 0 atom stereocenters. The predicted octanol–water partition coefficient (Wildman–Crippen LogP) is 2.95. The first-order valence-corrected chi connectivity index (χ1v) is 4.26. The summed E-state index contributed by atoms with van der Waals surface area (Å²) in [6, 6.07) is 3.67. The van der Waals surface area contributed by atoms with Gasteiger partial charge < -0.3 is 5.32 Å². The molecule has 12 heavy (non-hydrogen) atoms.